The Labute approximate surface area is 122 Å². The second kappa shape index (κ2) is 7.28. The van der Waals surface area contributed by atoms with Crippen molar-refractivity contribution in [3.8, 4) is 0 Å². The Morgan fingerprint density at radius 3 is 3.00 bits per heavy atom. The van der Waals surface area contributed by atoms with E-state index in [4.69, 9.17) is 4.74 Å². The van der Waals surface area contributed by atoms with E-state index in [-0.39, 0.29) is 24.0 Å². The molecule has 1 aliphatic carbocycles. The minimum absolute atomic E-state index is 0.0697. The lowest BCUT2D eigenvalue weighted by molar-refractivity contribution is -0.145. The summed E-state index contributed by atoms with van der Waals surface area (Å²) in [7, 11) is 1.40. The van der Waals surface area contributed by atoms with E-state index in [9.17, 15) is 9.59 Å². The molecule has 1 heterocycles. The van der Waals surface area contributed by atoms with Crippen molar-refractivity contribution in [1.29, 1.82) is 0 Å². The minimum Gasteiger partial charge on any atom is -0.469 e. The molecule has 0 bridgehead atoms. The molecule has 1 aromatic rings. The molecule has 110 valence electrons. The predicted octanol–water partition coefficient (Wildman–Crippen LogP) is 1.93. The first-order chi connectivity index (χ1) is 9.69. The molecule has 0 unspecified atom stereocenters. The van der Waals surface area contributed by atoms with Gasteiger partial charge in [-0.2, -0.15) is 11.3 Å². The van der Waals surface area contributed by atoms with Gasteiger partial charge >= 0.3 is 12.0 Å². The summed E-state index contributed by atoms with van der Waals surface area (Å²) in [6.07, 6.45) is 3.13. The first-order valence-corrected chi connectivity index (χ1v) is 7.76. The second-order valence-corrected chi connectivity index (χ2v) is 5.79. The third-order valence-electron chi connectivity index (χ3n) is 3.58. The van der Waals surface area contributed by atoms with Crippen LogP contribution < -0.4 is 10.6 Å². The zero-order valence-electron chi connectivity index (χ0n) is 11.6. The van der Waals surface area contributed by atoms with Crippen molar-refractivity contribution in [3.05, 3.63) is 22.4 Å². The molecule has 20 heavy (non-hydrogen) atoms. The number of carbonyl (C=O) groups excluding carboxylic acids is 2. The summed E-state index contributed by atoms with van der Waals surface area (Å²) in [5, 5.41) is 9.87. The first-order valence-electron chi connectivity index (χ1n) is 6.82. The van der Waals surface area contributed by atoms with Gasteiger partial charge in [0.05, 0.1) is 13.0 Å². The lowest BCUT2D eigenvalue weighted by atomic mass is 10.1. The van der Waals surface area contributed by atoms with Gasteiger partial charge in [-0.3, -0.25) is 4.79 Å². The molecule has 0 aliphatic heterocycles. The quantitative estimate of drug-likeness (QED) is 0.816. The molecular weight excluding hydrogens is 276 g/mol. The van der Waals surface area contributed by atoms with Gasteiger partial charge in [0.2, 0.25) is 0 Å². The van der Waals surface area contributed by atoms with Crippen LogP contribution in [0.15, 0.2) is 16.8 Å². The number of rotatable bonds is 5. The Morgan fingerprint density at radius 1 is 1.45 bits per heavy atom. The summed E-state index contributed by atoms with van der Waals surface area (Å²) in [6, 6.07) is 1.97. The van der Waals surface area contributed by atoms with Gasteiger partial charge in [0.25, 0.3) is 0 Å². The lowest BCUT2D eigenvalue weighted by Crippen LogP contribution is -2.41. The molecule has 2 rings (SSSR count). The van der Waals surface area contributed by atoms with E-state index in [2.05, 4.69) is 22.1 Å². The van der Waals surface area contributed by atoms with Crippen LogP contribution >= 0.6 is 11.3 Å². The summed E-state index contributed by atoms with van der Waals surface area (Å²) in [4.78, 5) is 23.1. The molecule has 1 aromatic heterocycles. The molecule has 0 spiro atoms. The molecule has 2 N–H and O–H groups in total. The summed E-state index contributed by atoms with van der Waals surface area (Å²) in [5.74, 6) is -0.247. The van der Waals surface area contributed by atoms with E-state index in [1.165, 1.54) is 12.7 Å². The third-order valence-corrected chi connectivity index (χ3v) is 4.31. The standard InChI is InChI=1S/C14H20N2O3S/c1-19-13(17)11-2-3-12(8-11)16-14(18)15-6-4-10-5-7-20-9-10/h5,7,9,11-12H,2-4,6,8H2,1H3,(H2,15,16,18)/t11-,12+/m0/s1. The van der Waals surface area contributed by atoms with Crippen molar-refractivity contribution in [2.45, 2.75) is 31.7 Å². The monoisotopic (exact) mass is 296 g/mol. The number of methoxy groups -OCH3 is 1. The molecule has 1 fully saturated rings. The van der Waals surface area contributed by atoms with Crippen LogP contribution in [0.3, 0.4) is 0 Å². The number of hydrogen-bond donors (Lipinski definition) is 2. The zero-order valence-corrected chi connectivity index (χ0v) is 12.4. The number of urea groups is 1. The highest BCUT2D eigenvalue weighted by Gasteiger charge is 2.31. The van der Waals surface area contributed by atoms with Crippen molar-refractivity contribution < 1.29 is 14.3 Å². The minimum atomic E-state index is -0.174. The molecule has 0 saturated heterocycles. The van der Waals surface area contributed by atoms with Crippen molar-refractivity contribution >= 4 is 23.3 Å². The van der Waals surface area contributed by atoms with E-state index in [0.29, 0.717) is 13.0 Å². The SMILES string of the molecule is COC(=O)[C@H]1CC[C@@H](NC(=O)NCCc2ccsc2)C1. The summed E-state index contributed by atoms with van der Waals surface area (Å²) < 4.78 is 4.73. The van der Waals surface area contributed by atoms with Crippen LogP contribution in [-0.4, -0.2) is 31.7 Å². The van der Waals surface area contributed by atoms with Crippen molar-refractivity contribution in [2.75, 3.05) is 13.7 Å². The van der Waals surface area contributed by atoms with Crippen molar-refractivity contribution in [1.82, 2.24) is 10.6 Å². The smallest absolute Gasteiger partial charge is 0.315 e. The topological polar surface area (TPSA) is 67.4 Å². The van der Waals surface area contributed by atoms with E-state index in [1.54, 1.807) is 11.3 Å². The highest BCUT2D eigenvalue weighted by atomic mass is 32.1. The highest BCUT2D eigenvalue weighted by Crippen LogP contribution is 2.26. The molecule has 0 aromatic carbocycles. The number of amides is 2. The number of nitrogens with one attached hydrogen (secondary N) is 2. The number of thiophene rings is 1. The maximum absolute atomic E-state index is 11.7. The van der Waals surface area contributed by atoms with Gasteiger partial charge in [0.1, 0.15) is 0 Å². The lowest BCUT2D eigenvalue weighted by Gasteiger charge is -2.13. The Morgan fingerprint density at radius 2 is 2.30 bits per heavy atom. The average molecular weight is 296 g/mol. The van der Waals surface area contributed by atoms with Gasteiger partial charge < -0.3 is 15.4 Å². The van der Waals surface area contributed by atoms with Crippen LogP contribution in [0.1, 0.15) is 24.8 Å². The second-order valence-electron chi connectivity index (χ2n) is 5.01. The van der Waals surface area contributed by atoms with Gasteiger partial charge in [0.15, 0.2) is 0 Å². The molecule has 2 amide bonds. The van der Waals surface area contributed by atoms with Crippen LogP contribution in [-0.2, 0) is 16.0 Å². The van der Waals surface area contributed by atoms with Crippen molar-refractivity contribution in [3.63, 3.8) is 0 Å². The first kappa shape index (κ1) is 14.8. The summed E-state index contributed by atoms with van der Waals surface area (Å²) in [5.41, 5.74) is 1.24. The maximum Gasteiger partial charge on any atom is 0.315 e. The normalized spacial score (nSPS) is 21.4. The fourth-order valence-corrected chi connectivity index (χ4v) is 3.19. The van der Waals surface area contributed by atoms with Crippen LogP contribution in [0, 0.1) is 5.92 Å². The van der Waals surface area contributed by atoms with Crippen LogP contribution in [0.5, 0.6) is 0 Å². The summed E-state index contributed by atoms with van der Waals surface area (Å²) in [6.45, 7) is 0.621. The molecular formula is C14H20N2O3S. The fraction of sp³-hybridized carbons (Fsp3) is 0.571. The molecule has 0 radical (unpaired) electrons. The van der Waals surface area contributed by atoms with E-state index in [0.717, 1.165) is 19.3 Å². The Hall–Kier alpha value is -1.56. The third kappa shape index (κ3) is 4.23. The molecule has 1 aliphatic rings. The highest BCUT2D eigenvalue weighted by molar-refractivity contribution is 7.07. The van der Waals surface area contributed by atoms with Gasteiger partial charge in [-0.15, -0.1) is 0 Å². The zero-order chi connectivity index (χ0) is 14.4. The fourth-order valence-electron chi connectivity index (χ4n) is 2.49. The molecule has 1 saturated carbocycles. The van der Waals surface area contributed by atoms with Crippen LogP contribution in [0.25, 0.3) is 0 Å². The van der Waals surface area contributed by atoms with Gasteiger partial charge in [-0.1, -0.05) is 0 Å². The Kier molecular flexibility index (Phi) is 5.40. The van der Waals surface area contributed by atoms with E-state index < -0.39 is 0 Å². The van der Waals surface area contributed by atoms with Gasteiger partial charge in [-0.25, -0.2) is 4.79 Å². The maximum atomic E-state index is 11.7. The van der Waals surface area contributed by atoms with Crippen LogP contribution in [0.2, 0.25) is 0 Å². The van der Waals surface area contributed by atoms with Gasteiger partial charge in [0, 0.05) is 12.6 Å². The van der Waals surface area contributed by atoms with E-state index >= 15 is 0 Å². The number of hydrogen-bond acceptors (Lipinski definition) is 4. The van der Waals surface area contributed by atoms with Crippen LogP contribution in [0.4, 0.5) is 4.79 Å². The summed E-state index contributed by atoms with van der Waals surface area (Å²) >= 11 is 1.66. The number of ether oxygens (including phenoxy) is 1. The largest absolute Gasteiger partial charge is 0.469 e. The van der Waals surface area contributed by atoms with E-state index in [1.807, 2.05) is 5.38 Å². The predicted molar refractivity (Wildman–Crippen MR) is 77.7 cm³/mol. The van der Waals surface area contributed by atoms with Crippen molar-refractivity contribution in [2.24, 2.45) is 5.92 Å². The van der Waals surface area contributed by atoms with Gasteiger partial charge in [-0.05, 0) is 48.1 Å². The number of carbonyl (C=O) groups is 2. The average Bonchev–Trinajstić information content (AvgIpc) is 3.09. The Bertz CT molecular complexity index is 447. The molecule has 2 atom stereocenters. The Balaban J connectivity index is 1.64. The number of esters is 1. The molecule has 5 nitrogen and oxygen atoms in total. The molecule has 6 heteroatoms.